The molecule has 0 fully saturated rings. The topological polar surface area (TPSA) is 56.2 Å². The highest BCUT2D eigenvalue weighted by Crippen LogP contribution is 2.04. The summed E-state index contributed by atoms with van der Waals surface area (Å²) in [6, 6.07) is 3.63. The van der Waals surface area contributed by atoms with E-state index in [1.54, 1.807) is 12.3 Å². The van der Waals surface area contributed by atoms with E-state index in [0.29, 0.717) is 18.1 Å². The maximum absolute atomic E-state index is 11.3. The Morgan fingerprint density at radius 2 is 2.42 bits per heavy atom. The van der Waals surface area contributed by atoms with Gasteiger partial charge in [0.25, 0.3) is 0 Å². The van der Waals surface area contributed by atoms with E-state index in [-0.39, 0.29) is 0 Å². The van der Waals surface area contributed by atoms with E-state index in [1.165, 1.54) is 0 Å². The van der Waals surface area contributed by atoms with Crippen LogP contribution in [0.2, 0.25) is 0 Å². The first-order valence-electron chi connectivity index (χ1n) is 3.90. The Labute approximate surface area is 74.4 Å². The van der Waals surface area contributed by atoms with E-state index in [9.17, 15) is 4.21 Å². The minimum absolute atomic E-state index is 0.507. The van der Waals surface area contributed by atoms with Gasteiger partial charge in [-0.3, -0.25) is 4.21 Å². The van der Waals surface area contributed by atoms with Gasteiger partial charge >= 0.3 is 0 Å². The van der Waals surface area contributed by atoms with E-state index < -0.39 is 10.8 Å². The second kappa shape index (κ2) is 5.11. The zero-order valence-electron chi connectivity index (χ0n) is 6.86. The molecule has 1 heterocycles. The molecule has 68 valence electrons. The molecule has 0 radical (unpaired) electrons. The van der Waals surface area contributed by atoms with Crippen molar-refractivity contribution in [3.05, 3.63) is 24.2 Å². The summed E-state index contributed by atoms with van der Waals surface area (Å²) >= 11 is 0. The van der Waals surface area contributed by atoms with E-state index in [2.05, 4.69) is 0 Å². The summed E-state index contributed by atoms with van der Waals surface area (Å²) in [7, 11) is -0.823. The fraction of sp³-hybridized carbons (Fsp3) is 0.500. The van der Waals surface area contributed by atoms with Gasteiger partial charge in [0.2, 0.25) is 0 Å². The molecule has 1 aromatic heterocycles. The molecule has 0 amide bonds. The third kappa shape index (κ3) is 3.19. The van der Waals surface area contributed by atoms with Gasteiger partial charge < -0.3 is 10.2 Å². The highest BCUT2D eigenvalue weighted by molar-refractivity contribution is 7.84. The lowest BCUT2D eigenvalue weighted by Crippen LogP contribution is -2.07. The molecular weight excluding hydrogens is 174 g/mol. The Bertz CT molecular complexity index is 233. The summed E-state index contributed by atoms with van der Waals surface area (Å²) in [6.07, 6.45) is 2.41. The van der Waals surface area contributed by atoms with Crippen LogP contribution in [0.1, 0.15) is 12.2 Å². The van der Waals surface area contributed by atoms with Gasteiger partial charge in [0.1, 0.15) is 5.76 Å². The van der Waals surface area contributed by atoms with Crippen molar-refractivity contribution in [2.45, 2.75) is 12.2 Å². The number of hydrogen-bond acceptors (Lipinski definition) is 3. The van der Waals surface area contributed by atoms with Gasteiger partial charge in [-0.25, -0.2) is 0 Å². The summed E-state index contributed by atoms with van der Waals surface area (Å²) < 4.78 is 16.3. The molecule has 1 aromatic rings. The summed E-state index contributed by atoms with van der Waals surface area (Å²) in [5.74, 6) is 1.95. The molecule has 12 heavy (non-hydrogen) atoms. The first-order valence-corrected chi connectivity index (χ1v) is 5.39. The van der Waals surface area contributed by atoms with Crippen molar-refractivity contribution >= 4 is 10.8 Å². The molecular formula is C8H13NO2S. The Hall–Kier alpha value is -0.610. The molecule has 1 rings (SSSR count). The molecule has 3 nitrogen and oxygen atoms in total. The van der Waals surface area contributed by atoms with Crippen molar-refractivity contribution < 1.29 is 8.63 Å². The predicted molar refractivity (Wildman–Crippen MR) is 49.1 cm³/mol. The van der Waals surface area contributed by atoms with Crippen LogP contribution in [0.4, 0.5) is 0 Å². The SMILES string of the molecule is NCCCS(=O)Cc1ccco1. The third-order valence-electron chi connectivity index (χ3n) is 1.46. The maximum atomic E-state index is 11.3. The lowest BCUT2D eigenvalue weighted by Gasteiger charge is -1.97. The number of furan rings is 1. The number of rotatable bonds is 5. The fourth-order valence-electron chi connectivity index (χ4n) is 0.870. The Kier molecular flexibility index (Phi) is 4.04. The average molecular weight is 187 g/mol. The van der Waals surface area contributed by atoms with Crippen molar-refractivity contribution in [3.63, 3.8) is 0 Å². The first kappa shape index (κ1) is 9.48. The van der Waals surface area contributed by atoms with Crippen LogP contribution < -0.4 is 5.73 Å². The van der Waals surface area contributed by atoms with E-state index in [4.69, 9.17) is 10.2 Å². The van der Waals surface area contributed by atoms with Gasteiger partial charge in [0.05, 0.1) is 12.0 Å². The van der Waals surface area contributed by atoms with Crippen molar-refractivity contribution in [2.24, 2.45) is 5.73 Å². The summed E-state index contributed by atoms with van der Waals surface area (Å²) in [6.45, 7) is 0.601. The first-order chi connectivity index (χ1) is 5.83. The third-order valence-corrected chi connectivity index (χ3v) is 2.81. The van der Waals surface area contributed by atoms with Gasteiger partial charge in [-0.05, 0) is 25.1 Å². The molecule has 1 unspecified atom stereocenters. The zero-order valence-corrected chi connectivity index (χ0v) is 7.68. The monoisotopic (exact) mass is 187 g/mol. The van der Waals surface area contributed by atoms with E-state index in [0.717, 1.165) is 12.2 Å². The van der Waals surface area contributed by atoms with Gasteiger partial charge in [-0.1, -0.05) is 0 Å². The van der Waals surface area contributed by atoms with Crippen molar-refractivity contribution in [1.29, 1.82) is 0 Å². The van der Waals surface area contributed by atoms with Gasteiger partial charge in [-0.15, -0.1) is 0 Å². The minimum Gasteiger partial charge on any atom is -0.468 e. The second-order valence-corrected chi connectivity index (χ2v) is 4.09. The molecule has 0 aliphatic rings. The molecule has 0 spiro atoms. The van der Waals surface area contributed by atoms with E-state index >= 15 is 0 Å². The minimum atomic E-state index is -0.823. The molecule has 1 atom stereocenters. The smallest absolute Gasteiger partial charge is 0.116 e. The predicted octanol–water partition coefficient (Wildman–Crippen LogP) is 0.877. The van der Waals surface area contributed by atoms with Crippen LogP contribution in [0.3, 0.4) is 0 Å². The van der Waals surface area contributed by atoms with Crippen LogP contribution in [0, 0.1) is 0 Å². The van der Waals surface area contributed by atoms with Crippen LogP contribution in [-0.2, 0) is 16.6 Å². The van der Waals surface area contributed by atoms with E-state index in [1.807, 2.05) is 6.07 Å². The molecule has 2 N–H and O–H groups in total. The van der Waals surface area contributed by atoms with Crippen LogP contribution in [0.25, 0.3) is 0 Å². The Morgan fingerprint density at radius 3 is 3.00 bits per heavy atom. The normalized spacial score (nSPS) is 13.1. The molecule has 0 saturated heterocycles. The highest BCUT2D eigenvalue weighted by atomic mass is 32.2. The standard InChI is InChI=1S/C8H13NO2S/c9-4-2-6-12(10)7-8-3-1-5-11-8/h1,3,5H,2,4,6-7,9H2. The van der Waals surface area contributed by atoms with Crippen LogP contribution in [0.15, 0.2) is 22.8 Å². The number of hydrogen-bond donors (Lipinski definition) is 1. The fourth-order valence-corrected chi connectivity index (χ4v) is 1.98. The zero-order chi connectivity index (χ0) is 8.81. The Balaban J connectivity index is 2.27. The molecule has 0 aliphatic carbocycles. The largest absolute Gasteiger partial charge is 0.468 e. The van der Waals surface area contributed by atoms with Crippen LogP contribution in [0.5, 0.6) is 0 Å². The van der Waals surface area contributed by atoms with Crippen LogP contribution >= 0.6 is 0 Å². The molecule has 0 aromatic carbocycles. The van der Waals surface area contributed by atoms with Crippen molar-refractivity contribution in [1.82, 2.24) is 0 Å². The lowest BCUT2D eigenvalue weighted by molar-refractivity contribution is 0.527. The maximum Gasteiger partial charge on any atom is 0.116 e. The van der Waals surface area contributed by atoms with Crippen molar-refractivity contribution in [2.75, 3.05) is 12.3 Å². The van der Waals surface area contributed by atoms with Gasteiger partial charge in [0, 0.05) is 16.6 Å². The molecule has 0 saturated carbocycles. The quantitative estimate of drug-likeness (QED) is 0.744. The number of nitrogens with two attached hydrogens (primary N) is 1. The van der Waals surface area contributed by atoms with Crippen molar-refractivity contribution in [3.8, 4) is 0 Å². The van der Waals surface area contributed by atoms with Gasteiger partial charge in [-0.2, -0.15) is 0 Å². The average Bonchev–Trinajstić information content (AvgIpc) is 2.53. The molecule has 0 aliphatic heterocycles. The highest BCUT2D eigenvalue weighted by Gasteiger charge is 2.02. The molecule has 4 heteroatoms. The Morgan fingerprint density at radius 1 is 1.58 bits per heavy atom. The lowest BCUT2D eigenvalue weighted by atomic mass is 10.5. The second-order valence-electron chi connectivity index (χ2n) is 2.51. The van der Waals surface area contributed by atoms with Crippen LogP contribution in [-0.4, -0.2) is 16.5 Å². The summed E-state index contributed by atoms with van der Waals surface area (Å²) in [5.41, 5.74) is 5.29. The van der Waals surface area contributed by atoms with Gasteiger partial charge in [0.15, 0.2) is 0 Å². The summed E-state index contributed by atoms with van der Waals surface area (Å²) in [5, 5.41) is 0. The molecule has 0 bridgehead atoms. The summed E-state index contributed by atoms with van der Waals surface area (Å²) in [4.78, 5) is 0.